The van der Waals surface area contributed by atoms with Crippen LogP contribution in [-0.4, -0.2) is 45.6 Å². The molecule has 0 heterocycles. The first-order chi connectivity index (χ1) is 7.45. The second kappa shape index (κ2) is 8.35. The average Bonchev–Trinajstić information content (AvgIpc) is 2.18. The van der Waals surface area contributed by atoms with Crippen molar-refractivity contribution in [2.45, 2.75) is 19.0 Å². The van der Waals surface area contributed by atoms with E-state index in [4.69, 9.17) is 4.74 Å². The highest BCUT2D eigenvalue weighted by molar-refractivity contribution is 5.77. The predicted octanol–water partition coefficient (Wildman–Crippen LogP) is 1.11. The fourth-order valence-electron chi connectivity index (χ4n) is 0.875. The molecule has 0 saturated carbocycles. The number of amides is 1. The lowest BCUT2D eigenvalue weighted by Gasteiger charge is -2.07. The van der Waals surface area contributed by atoms with Crippen molar-refractivity contribution >= 4 is 5.91 Å². The zero-order chi connectivity index (χ0) is 12.4. The van der Waals surface area contributed by atoms with E-state index in [1.807, 2.05) is 0 Å². The van der Waals surface area contributed by atoms with E-state index in [2.05, 4.69) is 10.1 Å². The first-order valence-corrected chi connectivity index (χ1v) is 4.86. The van der Waals surface area contributed by atoms with Crippen LogP contribution in [0.5, 0.6) is 0 Å². The number of hydrogen-bond donors (Lipinski definition) is 1. The van der Waals surface area contributed by atoms with E-state index in [-0.39, 0.29) is 26.2 Å². The van der Waals surface area contributed by atoms with Gasteiger partial charge in [-0.2, -0.15) is 13.2 Å². The molecular weight excluding hydrogens is 227 g/mol. The summed E-state index contributed by atoms with van der Waals surface area (Å²) >= 11 is 0. The summed E-state index contributed by atoms with van der Waals surface area (Å²) in [6.07, 6.45) is -5.18. The van der Waals surface area contributed by atoms with Crippen molar-refractivity contribution in [3.05, 3.63) is 0 Å². The first-order valence-electron chi connectivity index (χ1n) is 4.86. The van der Waals surface area contributed by atoms with Crippen molar-refractivity contribution in [3.8, 4) is 0 Å². The summed E-state index contributed by atoms with van der Waals surface area (Å²) in [6.45, 7) is 0.509. The Balaban J connectivity index is 3.31. The number of ether oxygens (including phenoxy) is 2. The maximum atomic E-state index is 11.7. The van der Waals surface area contributed by atoms with Crippen LogP contribution in [0.25, 0.3) is 0 Å². The molecule has 16 heavy (non-hydrogen) atoms. The number of rotatable bonds is 8. The van der Waals surface area contributed by atoms with Gasteiger partial charge in [0.2, 0.25) is 5.91 Å². The molecule has 0 aliphatic rings. The van der Waals surface area contributed by atoms with Crippen LogP contribution < -0.4 is 5.32 Å². The number of carbonyl (C=O) groups is 1. The van der Waals surface area contributed by atoms with Crippen LogP contribution in [0.1, 0.15) is 12.8 Å². The van der Waals surface area contributed by atoms with Crippen LogP contribution in [0.3, 0.4) is 0 Å². The van der Waals surface area contributed by atoms with Crippen LogP contribution in [-0.2, 0) is 14.3 Å². The Morgan fingerprint density at radius 3 is 2.56 bits per heavy atom. The Bertz CT molecular complexity index is 197. The Labute approximate surface area is 92.1 Å². The van der Waals surface area contributed by atoms with Crippen molar-refractivity contribution in [1.29, 1.82) is 0 Å². The lowest BCUT2D eigenvalue weighted by molar-refractivity contribution is -0.136. The lowest BCUT2D eigenvalue weighted by atomic mass is 10.3. The third-order valence-electron chi connectivity index (χ3n) is 1.62. The van der Waals surface area contributed by atoms with E-state index in [0.29, 0.717) is 6.61 Å². The summed E-state index contributed by atoms with van der Waals surface area (Å²) in [6, 6.07) is 0. The number of alkyl halides is 3. The van der Waals surface area contributed by atoms with Gasteiger partial charge in [0.15, 0.2) is 0 Å². The maximum absolute atomic E-state index is 11.7. The topological polar surface area (TPSA) is 47.6 Å². The van der Waals surface area contributed by atoms with Gasteiger partial charge in [-0.05, 0) is 6.42 Å². The molecule has 0 aliphatic heterocycles. The summed E-state index contributed by atoms with van der Waals surface area (Å²) in [4.78, 5) is 11.0. The highest BCUT2D eigenvalue weighted by Crippen LogP contribution is 2.20. The van der Waals surface area contributed by atoms with Crippen LogP contribution in [0, 0.1) is 0 Å². The van der Waals surface area contributed by atoms with Gasteiger partial charge >= 0.3 is 6.18 Å². The monoisotopic (exact) mass is 243 g/mol. The highest BCUT2D eigenvalue weighted by atomic mass is 19.4. The minimum atomic E-state index is -4.17. The van der Waals surface area contributed by atoms with Gasteiger partial charge in [0.05, 0.1) is 13.2 Å². The van der Waals surface area contributed by atoms with E-state index in [0.717, 1.165) is 0 Å². The number of carbonyl (C=O) groups excluding carboxylic acids is 1. The third-order valence-corrected chi connectivity index (χ3v) is 1.62. The van der Waals surface area contributed by atoms with Gasteiger partial charge in [0.1, 0.15) is 6.61 Å². The Kier molecular flexibility index (Phi) is 7.92. The molecule has 0 aromatic carbocycles. The summed E-state index contributed by atoms with van der Waals surface area (Å²) in [5, 5.41) is 2.33. The first kappa shape index (κ1) is 15.2. The third kappa shape index (κ3) is 11.3. The van der Waals surface area contributed by atoms with Gasteiger partial charge in [0.25, 0.3) is 0 Å². The van der Waals surface area contributed by atoms with Crippen molar-refractivity contribution in [2.75, 3.05) is 33.5 Å². The van der Waals surface area contributed by atoms with Gasteiger partial charge in [-0.3, -0.25) is 4.79 Å². The lowest BCUT2D eigenvalue weighted by Crippen LogP contribution is -2.29. The Morgan fingerprint density at radius 1 is 1.31 bits per heavy atom. The van der Waals surface area contributed by atoms with Crippen LogP contribution >= 0.6 is 0 Å². The average molecular weight is 243 g/mol. The summed E-state index contributed by atoms with van der Waals surface area (Å²) in [5.41, 5.74) is 0. The normalized spacial score (nSPS) is 11.5. The number of methoxy groups -OCH3 is 1. The molecule has 0 rings (SSSR count). The molecule has 0 aromatic rings. The minimum Gasteiger partial charge on any atom is -0.382 e. The van der Waals surface area contributed by atoms with E-state index in [9.17, 15) is 18.0 Å². The zero-order valence-corrected chi connectivity index (χ0v) is 9.10. The molecule has 0 fully saturated rings. The standard InChI is InChI=1S/C9H16F3NO3/c1-15-5-6-16-7-8(14)13-4-2-3-9(10,11)12/h2-7H2,1H3,(H,13,14). The van der Waals surface area contributed by atoms with Crippen molar-refractivity contribution in [3.63, 3.8) is 0 Å². The minimum absolute atomic E-state index is 0.00593. The number of hydrogen-bond acceptors (Lipinski definition) is 3. The molecule has 0 aromatic heterocycles. The summed E-state index contributed by atoms with van der Waals surface area (Å²) in [5.74, 6) is -0.418. The fraction of sp³-hybridized carbons (Fsp3) is 0.889. The zero-order valence-electron chi connectivity index (χ0n) is 9.10. The van der Waals surface area contributed by atoms with Gasteiger partial charge in [-0.1, -0.05) is 0 Å². The van der Waals surface area contributed by atoms with E-state index in [1.165, 1.54) is 7.11 Å². The number of nitrogens with one attached hydrogen (secondary N) is 1. The molecule has 0 saturated heterocycles. The van der Waals surface area contributed by atoms with Crippen molar-refractivity contribution in [1.82, 2.24) is 5.32 Å². The highest BCUT2D eigenvalue weighted by Gasteiger charge is 2.25. The molecule has 4 nitrogen and oxygen atoms in total. The Hall–Kier alpha value is -0.820. The van der Waals surface area contributed by atoms with Crippen molar-refractivity contribution < 1.29 is 27.4 Å². The van der Waals surface area contributed by atoms with E-state index in [1.54, 1.807) is 0 Å². The molecule has 0 unspecified atom stereocenters. The fourth-order valence-corrected chi connectivity index (χ4v) is 0.875. The molecule has 0 aliphatic carbocycles. The quantitative estimate of drug-likeness (QED) is 0.649. The molecule has 0 spiro atoms. The molecule has 7 heteroatoms. The summed E-state index contributed by atoms with van der Waals surface area (Å²) in [7, 11) is 1.50. The van der Waals surface area contributed by atoms with E-state index < -0.39 is 18.5 Å². The van der Waals surface area contributed by atoms with Crippen LogP contribution in [0.15, 0.2) is 0 Å². The molecule has 96 valence electrons. The van der Waals surface area contributed by atoms with Gasteiger partial charge < -0.3 is 14.8 Å². The maximum Gasteiger partial charge on any atom is 0.389 e. The van der Waals surface area contributed by atoms with Crippen LogP contribution in [0.2, 0.25) is 0 Å². The molecule has 0 bridgehead atoms. The summed E-state index contributed by atoms with van der Waals surface area (Å²) < 4.78 is 44.7. The van der Waals surface area contributed by atoms with Gasteiger partial charge in [-0.15, -0.1) is 0 Å². The van der Waals surface area contributed by atoms with Crippen LogP contribution in [0.4, 0.5) is 13.2 Å². The smallest absolute Gasteiger partial charge is 0.382 e. The number of halogens is 3. The molecule has 1 amide bonds. The largest absolute Gasteiger partial charge is 0.389 e. The predicted molar refractivity (Wildman–Crippen MR) is 51.0 cm³/mol. The molecule has 0 atom stereocenters. The molecule has 1 N–H and O–H groups in total. The molecule has 0 radical (unpaired) electrons. The second-order valence-corrected chi connectivity index (χ2v) is 3.11. The second-order valence-electron chi connectivity index (χ2n) is 3.11. The SMILES string of the molecule is COCCOCC(=O)NCCCC(F)(F)F. The Morgan fingerprint density at radius 2 is 2.00 bits per heavy atom. The molecular formula is C9H16F3NO3. The van der Waals surface area contributed by atoms with E-state index >= 15 is 0 Å². The van der Waals surface area contributed by atoms with Crippen molar-refractivity contribution in [2.24, 2.45) is 0 Å². The van der Waals surface area contributed by atoms with Gasteiger partial charge in [-0.25, -0.2) is 0 Å². The van der Waals surface area contributed by atoms with Gasteiger partial charge in [0, 0.05) is 20.1 Å².